The van der Waals surface area contributed by atoms with Crippen LogP contribution in [0.25, 0.3) is 0 Å². The summed E-state index contributed by atoms with van der Waals surface area (Å²) in [5.41, 5.74) is 9.17. The Bertz CT molecular complexity index is 522. The molecule has 2 aromatic rings. The van der Waals surface area contributed by atoms with Crippen LogP contribution in [0.15, 0.2) is 48.5 Å². The molecule has 21 heavy (non-hydrogen) atoms. The van der Waals surface area contributed by atoms with Gasteiger partial charge >= 0.3 is 0 Å². The van der Waals surface area contributed by atoms with E-state index in [9.17, 15) is 0 Å². The number of ether oxygens (including phenoxy) is 1. The van der Waals surface area contributed by atoms with E-state index >= 15 is 0 Å². The maximum absolute atomic E-state index is 5.74. The van der Waals surface area contributed by atoms with Crippen LogP contribution in [-0.4, -0.2) is 12.4 Å². The number of aryl methyl sites for hydroxylation is 1. The van der Waals surface area contributed by atoms with Crippen LogP contribution in [-0.2, 0) is 12.2 Å². The summed E-state index contributed by atoms with van der Waals surface area (Å²) in [6, 6.07) is 16.5. The molecule has 0 atom stereocenters. The molecule has 0 saturated carbocycles. The van der Waals surface area contributed by atoms with Crippen molar-refractivity contribution in [2.45, 2.75) is 25.5 Å². The second-order valence-electron chi connectivity index (χ2n) is 4.99. The van der Waals surface area contributed by atoms with E-state index in [-0.39, 0.29) is 0 Å². The van der Waals surface area contributed by atoms with Crippen LogP contribution in [0.3, 0.4) is 0 Å². The molecule has 0 aliphatic heterocycles. The molecule has 0 radical (unpaired) electrons. The van der Waals surface area contributed by atoms with Gasteiger partial charge in [0.05, 0.1) is 6.61 Å². The Morgan fingerprint density at radius 3 is 2.29 bits per heavy atom. The summed E-state index contributed by atoms with van der Waals surface area (Å²) in [4.78, 5) is 0. The van der Waals surface area contributed by atoms with Gasteiger partial charge in [0.15, 0.2) is 0 Å². The molecule has 2 rings (SSSR count). The first kappa shape index (κ1) is 15.8. The van der Waals surface area contributed by atoms with E-state index in [1.54, 1.807) is 0 Å². The topological polar surface area (TPSA) is 35.2 Å². The number of hydrogen-bond acceptors (Lipinski definition) is 3. The van der Waals surface area contributed by atoms with Gasteiger partial charge in [0.25, 0.3) is 0 Å². The number of hydrogen-bond donors (Lipinski definition) is 1. The fourth-order valence-corrected chi connectivity index (χ4v) is 2.87. The highest BCUT2D eigenvalue weighted by Gasteiger charge is 1.96. The Labute approximate surface area is 131 Å². The van der Waals surface area contributed by atoms with Crippen LogP contribution in [0.1, 0.15) is 24.5 Å². The zero-order chi connectivity index (χ0) is 14.9. The second-order valence-corrected chi connectivity index (χ2v) is 6.10. The van der Waals surface area contributed by atoms with Crippen molar-refractivity contribution in [3.63, 3.8) is 0 Å². The minimum absolute atomic E-state index is 0.778. The standard InChI is InChI=1S/C18H23NOS/c1-2-15-6-10-18(11-7-15)20-12-3-13-21-14-16-4-8-17(19)9-5-16/h4-11H,2-3,12-14,19H2,1H3. The summed E-state index contributed by atoms with van der Waals surface area (Å²) in [7, 11) is 0. The third-order valence-electron chi connectivity index (χ3n) is 3.28. The summed E-state index contributed by atoms with van der Waals surface area (Å²) in [6.45, 7) is 2.94. The molecule has 2 nitrogen and oxygen atoms in total. The quantitative estimate of drug-likeness (QED) is 0.574. The lowest BCUT2D eigenvalue weighted by Crippen LogP contribution is -1.99. The number of benzene rings is 2. The summed E-state index contributed by atoms with van der Waals surface area (Å²) in [5, 5.41) is 0. The van der Waals surface area contributed by atoms with Crippen molar-refractivity contribution in [1.29, 1.82) is 0 Å². The highest BCUT2D eigenvalue weighted by Crippen LogP contribution is 2.16. The van der Waals surface area contributed by atoms with Crippen LogP contribution >= 0.6 is 11.8 Å². The van der Waals surface area contributed by atoms with E-state index in [4.69, 9.17) is 10.5 Å². The van der Waals surface area contributed by atoms with Crippen molar-refractivity contribution in [2.75, 3.05) is 18.1 Å². The Hall–Kier alpha value is -1.61. The summed E-state index contributed by atoms with van der Waals surface area (Å²) >= 11 is 1.93. The molecule has 0 unspecified atom stereocenters. The van der Waals surface area contributed by atoms with E-state index in [0.29, 0.717) is 0 Å². The SMILES string of the molecule is CCc1ccc(OCCCSCc2ccc(N)cc2)cc1. The van der Waals surface area contributed by atoms with Gasteiger partial charge in [-0.25, -0.2) is 0 Å². The number of thioether (sulfide) groups is 1. The minimum Gasteiger partial charge on any atom is -0.494 e. The van der Waals surface area contributed by atoms with Crippen molar-refractivity contribution < 1.29 is 4.74 Å². The molecule has 0 aliphatic carbocycles. The Balaban J connectivity index is 1.58. The van der Waals surface area contributed by atoms with Crippen molar-refractivity contribution in [3.05, 3.63) is 59.7 Å². The molecule has 0 heterocycles. The van der Waals surface area contributed by atoms with Gasteiger partial charge in [-0.1, -0.05) is 31.2 Å². The average Bonchev–Trinajstić information content (AvgIpc) is 2.53. The lowest BCUT2D eigenvalue weighted by Gasteiger charge is -2.07. The maximum atomic E-state index is 5.74. The van der Waals surface area contributed by atoms with Crippen molar-refractivity contribution in [2.24, 2.45) is 0 Å². The first-order chi connectivity index (χ1) is 10.3. The van der Waals surface area contributed by atoms with Gasteiger partial charge < -0.3 is 10.5 Å². The summed E-state index contributed by atoms with van der Waals surface area (Å²) in [6.07, 6.45) is 2.14. The van der Waals surface area contributed by atoms with Crippen LogP contribution in [0.5, 0.6) is 5.75 Å². The number of nitrogen functional groups attached to an aromatic ring is 1. The molecule has 0 amide bonds. The summed E-state index contributed by atoms with van der Waals surface area (Å²) < 4.78 is 5.74. The van der Waals surface area contributed by atoms with Gasteiger partial charge in [-0.05, 0) is 54.0 Å². The smallest absolute Gasteiger partial charge is 0.119 e. The zero-order valence-corrected chi connectivity index (χ0v) is 13.4. The van der Waals surface area contributed by atoms with Gasteiger partial charge in [-0.15, -0.1) is 0 Å². The fraction of sp³-hybridized carbons (Fsp3) is 0.333. The summed E-state index contributed by atoms with van der Waals surface area (Å²) in [5.74, 6) is 3.11. The Morgan fingerprint density at radius 2 is 1.62 bits per heavy atom. The van der Waals surface area contributed by atoms with Crippen LogP contribution in [0.4, 0.5) is 5.69 Å². The molecule has 3 heteroatoms. The molecule has 0 aliphatic rings. The lowest BCUT2D eigenvalue weighted by atomic mass is 10.2. The lowest BCUT2D eigenvalue weighted by molar-refractivity contribution is 0.318. The molecule has 0 aromatic heterocycles. The van der Waals surface area contributed by atoms with Gasteiger partial charge in [0, 0.05) is 11.4 Å². The van der Waals surface area contributed by atoms with Crippen LogP contribution in [0, 0.1) is 0 Å². The van der Waals surface area contributed by atoms with Crippen molar-refractivity contribution in [1.82, 2.24) is 0 Å². The Morgan fingerprint density at radius 1 is 0.952 bits per heavy atom. The molecule has 0 fully saturated rings. The highest BCUT2D eigenvalue weighted by atomic mass is 32.2. The molecule has 0 spiro atoms. The monoisotopic (exact) mass is 301 g/mol. The first-order valence-corrected chi connectivity index (χ1v) is 8.57. The molecule has 2 N–H and O–H groups in total. The molecular formula is C18H23NOS. The predicted octanol–water partition coefficient (Wildman–Crippen LogP) is 4.53. The number of anilines is 1. The molecule has 2 aromatic carbocycles. The van der Waals surface area contributed by atoms with E-state index in [1.165, 1.54) is 11.1 Å². The number of rotatable bonds is 8. The highest BCUT2D eigenvalue weighted by molar-refractivity contribution is 7.98. The van der Waals surface area contributed by atoms with Gasteiger partial charge in [0.2, 0.25) is 0 Å². The predicted molar refractivity (Wildman–Crippen MR) is 92.9 cm³/mol. The van der Waals surface area contributed by atoms with Crippen molar-refractivity contribution >= 4 is 17.4 Å². The third-order valence-corrected chi connectivity index (χ3v) is 4.40. The van der Waals surface area contributed by atoms with Crippen LogP contribution in [0.2, 0.25) is 0 Å². The zero-order valence-electron chi connectivity index (χ0n) is 12.5. The van der Waals surface area contributed by atoms with E-state index in [0.717, 1.165) is 42.4 Å². The second kappa shape index (κ2) is 8.63. The number of nitrogens with two attached hydrogens (primary N) is 1. The Kier molecular flexibility index (Phi) is 6.48. The first-order valence-electron chi connectivity index (χ1n) is 7.42. The molecular weight excluding hydrogens is 278 g/mol. The normalized spacial score (nSPS) is 10.5. The molecule has 0 bridgehead atoms. The third kappa shape index (κ3) is 5.72. The van der Waals surface area contributed by atoms with Gasteiger partial charge in [-0.3, -0.25) is 0 Å². The largest absolute Gasteiger partial charge is 0.494 e. The van der Waals surface area contributed by atoms with E-state index in [2.05, 4.69) is 43.3 Å². The van der Waals surface area contributed by atoms with E-state index in [1.807, 2.05) is 23.9 Å². The van der Waals surface area contributed by atoms with Gasteiger partial charge in [-0.2, -0.15) is 11.8 Å². The van der Waals surface area contributed by atoms with E-state index < -0.39 is 0 Å². The molecule has 112 valence electrons. The van der Waals surface area contributed by atoms with Crippen molar-refractivity contribution in [3.8, 4) is 5.75 Å². The minimum atomic E-state index is 0.778. The van der Waals surface area contributed by atoms with Gasteiger partial charge in [0.1, 0.15) is 5.75 Å². The van der Waals surface area contributed by atoms with Crippen LogP contribution < -0.4 is 10.5 Å². The fourth-order valence-electron chi connectivity index (χ4n) is 1.98. The maximum Gasteiger partial charge on any atom is 0.119 e. The molecule has 0 saturated heterocycles. The average molecular weight is 301 g/mol.